The predicted octanol–water partition coefficient (Wildman–Crippen LogP) is 1.54. The average molecular weight is 419 g/mol. The molecule has 1 saturated heterocycles. The summed E-state index contributed by atoms with van der Waals surface area (Å²) in [7, 11) is -1.40. The van der Waals surface area contributed by atoms with Gasteiger partial charge in [-0.1, -0.05) is 0 Å². The van der Waals surface area contributed by atoms with Crippen molar-refractivity contribution in [1.82, 2.24) is 14.5 Å². The SMILES string of the molecule is CCN1CCc2c(c3ccc(N4CC5(CC(OS(C)(=O)=O)C5)C4)nc3n2C)C1=O. The van der Waals surface area contributed by atoms with Crippen LogP contribution in [-0.4, -0.2) is 67.3 Å². The number of hydrogen-bond acceptors (Lipinski definition) is 6. The van der Waals surface area contributed by atoms with Crippen molar-refractivity contribution in [2.24, 2.45) is 12.5 Å². The zero-order valence-corrected chi connectivity index (χ0v) is 17.8. The summed E-state index contributed by atoms with van der Waals surface area (Å²) in [6.07, 6.45) is 3.33. The number of nitrogens with zero attached hydrogens (tertiary/aromatic N) is 4. The van der Waals surface area contributed by atoms with Crippen molar-refractivity contribution in [3.05, 3.63) is 23.4 Å². The summed E-state index contributed by atoms with van der Waals surface area (Å²) in [5.74, 6) is 1.01. The zero-order chi connectivity index (χ0) is 20.6. The Morgan fingerprint density at radius 1 is 1.28 bits per heavy atom. The highest BCUT2D eigenvalue weighted by Crippen LogP contribution is 2.51. The fourth-order valence-corrected chi connectivity index (χ4v) is 5.89. The van der Waals surface area contributed by atoms with E-state index in [1.165, 1.54) is 0 Å². The summed E-state index contributed by atoms with van der Waals surface area (Å²) in [5, 5.41) is 0.926. The molecular weight excluding hydrogens is 392 g/mol. The second kappa shape index (κ2) is 6.18. The van der Waals surface area contributed by atoms with E-state index in [4.69, 9.17) is 9.17 Å². The van der Waals surface area contributed by atoms with Crippen molar-refractivity contribution >= 4 is 32.9 Å². The van der Waals surface area contributed by atoms with Crippen LogP contribution in [0.3, 0.4) is 0 Å². The summed E-state index contributed by atoms with van der Waals surface area (Å²) >= 11 is 0. The van der Waals surface area contributed by atoms with Crippen molar-refractivity contribution in [3.8, 4) is 0 Å². The average Bonchev–Trinajstić information content (AvgIpc) is 2.88. The largest absolute Gasteiger partial charge is 0.355 e. The smallest absolute Gasteiger partial charge is 0.264 e. The van der Waals surface area contributed by atoms with E-state index < -0.39 is 10.1 Å². The molecule has 0 unspecified atom stereocenters. The number of likely N-dealkylation sites (N-methyl/N-ethyl adjacent to an activating group) is 1. The first-order valence-electron chi connectivity index (χ1n) is 10.1. The Balaban J connectivity index is 1.35. The molecule has 2 fully saturated rings. The molecule has 2 aliphatic heterocycles. The van der Waals surface area contributed by atoms with Crippen LogP contribution in [0.2, 0.25) is 0 Å². The van der Waals surface area contributed by atoms with Crippen molar-refractivity contribution < 1.29 is 17.4 Å². The Bertz CT molecular complexity index is 1110. The van der Waals surface area contributed by atoms with E-state index in [2.05, 4.69) is 9.47 Å². The maximum absolute atomic E-state index is 12.8. The number of pyridine rings is 1. The van der Waals surface area contributed by atoms with Crippen LogP contribution in [0.15, 0.2) is 12.1 Å². The van der Waals surface area contributed by atoms with Crippen LogP contribution in [0.4, 0.5) is 5.82 Å². The van der Waals surface area contributed by atoms with Crippen molar-refractivity contribution in [2.75, 3.05) is 37.3 Å². The Morgan fingerprint density at radius 2 is 2.00 bits per heavy atom. The summed E-state index contributed by atoms with van der Waals surface area (Å²) < 4.78 is 29.7. The molecule has 9 heteroatoms. The minimum Gasteiger partial charge on any atom is -0.355 e. The third-order valence-corrected chi connectivity index (χ3v) is 7.27. The number of hydrogen-bond donors (Lipinski definition) is 0. The Labute approximate surface area is 170 Å². The molecule has 2 aromatic rings. The molecule has 1 spiro atoms. The standard InChI is InChI=1S/C20H26N4O4S/c1-4-23-8-7-15-17(19(23)25)14-5-6-16(21-18(14)22(15)2)24-11-20(12-24)9-13(10-20)28-29(3,26)27/h5-6,13H,4,7-12H2,1-3H3. The van der Waals surface area contributed by atoms with Gasteiger partial charge < -0.3 is 14.4 Å². The summed E-state index contributed by atoms with van der Waals surface area (Å²) in [6, 6.07) is 4.02. The maximum Gasteiger partial charge on any atom is 0.264 e. The van der Waals surface area contributed by atoms with Gasteiger partial charge in [0.25, 0.3) is 16.0 Å². The van der Waals surface area contributed by atoms with Crippen LogP contribution in [0.1, 0.15) is 35.8 Å². The highest BCUT2D eigenvalue weighted by Gasteiger charge is 2.54. The third-order valence-electron chi connectivity index (χ3n) is 6.65. The van der Waals surface area contributed by atoms with Crippen LogP contribution >= 0.6 is 0 Å². The lowest BCUT2D eigenvalue weighted by Gasteiger charge is -2.58. The molecule has 4 heterocycles. The van der Waals surface area contributed by atoms with Gasteiger partial charge in [0.2, 0.25) is 0 Å². The normalized spacial score (nSPS) is 21.4. The van der Waals surface area contributed by atoms with Crippen molar-refractivity contribution in [3.63, 3.8) is 0 Å². The molecule has 2 aromatic heterocycles. The van der Waals surface area contributed by atoms with Gasteiger partial charge >= 0.3 is 0 Å². The molecule has 0 atom stereocenters. The lowest BCUT2D eigenvalue weighted by molar-refractivity contribution is -0.0303. The monoisotopic (exact) mass is 418 g/mol. The minimum absolute atomic E-state index is 0.100. The second-order valence-electron chi connectivity index (χ2n) is 8.74. The number of fused-ring (bicyclic) bond motifs is 3. The fraction of sp³-hybridized carbons (Fsp3) is 0.600. The first-order valence-corrected chi connectivity index (χ1v) is 11.9. The summed E-state index contributed by atoms with van der Waals surface area (Å²) in [6.45, 7) is 5.21. The summed E-state index contributed by atoms with van der Waals surface area (Å²) in [4.78, 5) is 21.8. The lowest BCUT2D eigenvalue weighted by atomic mass is 9.62. The van der Waals surface area contributed by atoms with Gasteiger partial charge in [-0.3, -0.25) is 8.98 Å². The van der Waals surface area contributed by atoms with Gasteiger partial charge in [0, 0.05) is 56.1 Å². The van der Waals surface area contributed by atoms with Gasteiger partial charge in [-0.2, -0.15) is 8.42 Å². The quantitative estimate of drug-likeness (QED) is 0.701. The number of carbonyl (C=O) groups is 1. The van der Waals surface area contributed by atoms with E-state index in [1.54, 1.807) is 0 Å². The molecule has 1 aliphatic carbocycles. The first kappa shape index (κ1) is 18.9. The molecule has 8 nitrogen and oxygen atoms in total. The predicted molar refractivity (Wildman–Crippen MR) is 110 cm³/mol. The molecule has 0 aromatic carbocycles. The number of rotatable bonds is 4. The third kappa shape index (κ3) is 2.93. The van der Waals surface area contributed by atoms with E-state index in [1.807, 2.05) is 31.0 Å². The second-order valence-corrected chi connectivity index (χ2v) is 10.3. The Hall–Kier alpha value is -2.13. The van der Waals surface area contributed by atoms with Crippen LogP contribution in [0.5, 0.6) is 0 Å². The number of carbonyl (C=O) groups excluding carboxylic acids is 1. The van der Waals surface area contributed by atoms with E-state index in [0.29, 0.717) is 0 Å². The van der Waals surface area contributed by atoms with E-state index in [9.17, 15) is 13.2 Å². The van der Waals surface area contributed by atoms with Gasteiger partial charge in [0.05, 0.1) is 17.9 Å². The van der Waals surface area contributed by atoms with Crippen LogP contribution in [-0.2, 0) is 27.8 Å². The van der Waals surface area contributed by atoms with Gasteiger partial charge in [-0.25, -0.2) is 4.98 Å². The minimum atomic E-state index is -3.39. The molecule has 0 bridgehead atoms. The molecule has 3 aliphatic rings. The van der Waals surface area contributed by atoms with Crippen molar-refractivity contribution in [1.29, 1.82) is 0 Å². The highest BCUT2D eigenvalue weighted by atomic mass is 32.2. The van der Waals surface area contributed by atoms with E-state index in [0.717, 1.165) is 79.8 Å². The van der Waals surface area contributed by atoms with Gasteiger partial charge in [0.1, 0.15) is 11.5 Å². The molecule has 1 amide bonds. The highest BCUT2D eigenvalue weighted by molar-refractivity contribution is 7.86. The Morgan fingerprint density at radius 3 is 2.66 bits per heavy atom. The zero-order valence-electron chi connectivity index (χ0n) is 17.0. The van der Waals surface area contributed by atoms with Gasteiger partial charge in [0.15, 0.2) is 0 Å². The molecule has 0 radical (unpaired) electrons. The van der Waals surface area contributed by atoms with E-state index in [-0.39, 0.29) is 17.4 Å². The van der Waals surface area contributed by atoms with Gasteiger partial charge in [-0.15, -0.1) is 0 Å². The van der Waals surface area contributed by atoms with Crippen molar-refractivity contribution in [2.45, 2.75) is 32.3 Å². The fourth-order valence-electron chi connectivity index (χ4n) is 5.25. The molecule has 0 N–H and O–H groups in total. The van der Waals surface area contributed by atoms with Crippen LogP contribution < -0.4 is 4.90 Å². The molecular formula is C20H26N4O4S. The number of anilines is 1. The van der Waals surface area contributed by atoms with Crippen LogP contribution in [0.25, 0.3) is 11.0 Å². The Kier molecular flexibility index (Phi) is 4.02. The number of aryl methyl sites for hydroxylation is 1. The maximum atomic E-state index is 12.8. The number of aromatic nitrogens is 2. The van der Waals surface area contributed by atoms with Crippen LogP contribution in [0, 0.1) is 5.41 Å². The molecule has 156 valence electrons. The first-order chi connectivity index (χ1) is 13.7. The van der Waals surface area contributed by atoms with E-state index >= 15 is 0 Å². The number of amides is 1. The molecule has 1 saturated carbocycles. The van der Waals surface area contributed by atoms with Gasteiger partial charge in [-0.05, 0) is 31.9 Å². The molecule has 29 heavy (non-hydrogen) atoms. The molecule has 5 rings (SSSR count). The summed E-state index contributed by atoms with van der Waals surface area (Å²) in [5.41, 5.74) is 2.87. The lowest BCUT2D eigenvalue weighted by Crippen LogP contribution is -2.64. The topological polar surface area (TPSA) is 84.7 Å².